The highest BCUT2D eigenvalue weighted by Gasteiger charge is 2.16. The lowest BCUT2D eigenvalue weighted by Gasteiger charge is -2.23. The van der Waals surface area contributed by atoms with Gasteiger partial charge in [0.2, 0.25) is 0 Å². The first-order valence-electron chi connectivity index (χ1n) is 6.24. The van der Waals surface area contributed by atoms with Crippen LogP contribution >= 0.6 is 11.6 Å². The molecule has 0 amide bonds. The molecule has 0 spiro atoms. The molecule has 19 heavy (non-hydrogen) atoms. The molecule has 0 saturated carbocycles. The summed E-state index contributed by atoms with van der Waals surface area (Å²) in [6, 6.07) is 7.40. The van der Waals surface area contributed by atoms with Gasteiger partial charge in [-0.3, -0.25) is 4.98 Å². The van der Waals surface area contributed by atoms with E-state index in [-0.39, 0.29) is 6.29 Å². The molecule has 0 atom stereocenters. The van der Waals surface area contributed by atoms with Crippen LogP contribution in [0.15, 0.2) is 30.5 Å². The number of pyridine rings is 1. The minimum Gasteiger partial charge on any atom is -0.486 e. The third-order valence-electron chi connectivity index (χ3n) is 2.95. The number of nitrogens with zero attached hydrogens (tertiary/aromatic N) is 1. The molecule has 0 unspecified atom stereocenters. The van der Waals surface area contributed by atoms with Crippen LogP contribution in [0.4, 0.5) is 0 Å². The third kappa shape index (κ3) is 2.81. The van der Waals surface area contributed by atoms with Gasteiger partial charge in [-0.1, -0.05) is 11.6 Å². The lowest BCUT2D eigenvalue weighted by molar-refractivity contribution is -0.190. The zero-order valence-corrected chi connectivity index (χ0v) is 11.1. The number of hydrogen-bond donors (Lipinski definition) is 0. The smallest absolute Gasteiger partial charge is 0.191 e. The number of rotatable bonds is 3. The maximum Gasteiger partial charge on any atom is 0.191 e. The van der Waals surface area contributed by atoms with Gasteiger partial charge in [-0.25, -0.2) is 0 Å². The quantitative estimate of drug-likeness (QED) is 0.866. The summed E-state index contributed by atoms with van der Waals surface area (Å²) in [5.74, 6) is 0.692. The Hall–Kier alpha value is -1.36. The van der Waals surface area contributed by atoms with Crippen LogP contribution < -0.4 is 4.74 Å². The number of halogens is 1. The van der Waals surface area contributed by atoms with Crippen LogP contribution in [0.3, 0.4) is 0 Å². The SMILES string of the molecule is Clc1ccc(OCC2OCCCO2)c2ncccc12. The molecule has 1 aliphatic rings. The van der Waals surface area contributed by atoms with Gasteiger partial charge in [0, 0.05) is 11.6 Å². The van der Waals surface area contributed by atoms with Crippen molar-refractivity contribution in [3.63, 3.8) is 0 Å². The Morgan fingerprint density at radius 2 is 2.11 bits per heavy atom. The van der Waals surface area contributed by atoms with E-state index in [1.54, 1.807) is 6.20 Å². The van der Waals surface area contributed by atoms with Crippen molar-refractivity contribution >= 4 is 22.5 Å². The highest BCUT2D eigenvalue weighted by molar-refractivity contribution is 6.35. The first kappa shape index (κ1) is 12.7. The van der Waals surface area contributed by atoms with Gasteiger partial charge in [0.05, 0.1) is 18.2 Å². The topological polar surface area (TPSA) is 40.6 Å². The lowest BCUT2D eigenvalue weighted by atomic mass is 10.2. The van der Waals surface area contributed by atoms with E-state index in [9.17, 15) is 0 Å². The molecule has 2 heterocycles. The van der Waals surface area contributed by atoms with Gasteiger partial charge in [0.1, 0.15) is 17.9 Å². The van der Waals surface area contributed by atoms with Crippen LogP contribution in [0.2, 0.25) is 5.02 Å². The minimum absolute atomic E-state index is 0.303. The summed E-state index contributed by atoms with van der Waals surface area (Å²) in [5.41, 5.74) is 0.755. The number of aromatic nitrogens is 1. The molecule has 5 heteroatoms. The van der Waals surface area contributed by atoms with Crippen LogP contribution in [0.25, 0.3) is 10.9 Å². The summed E-state index contributed by atoms with van der Waals surface area (Å²) in [7, 11) is 0. The monoisotopic (exact) mass is 279 g/mol. The van der Waals surface area contributed by atoms with E-state index in [2.05, 4.69) is 4.98 Å². The molecule has 1 saturated heterocycles. The van der Waals surface area contributed by atoms with Gasteiger partial charge >= 0.3 is 0 Å². The fraction of sp³-hybridized carbons (Fsp3) is 0.357. The Morgan fingerprint density at radius 1 is 1.26 bits per heavy atom. The van der Waals surface area contributed by atoms with Gasteiger partial charge in [-0.05, 0) is 30.7 Å². The average molecular weight is 280 g/mol. The molecule has 0 bridgehead atoms. The second-order valence-electron chi connectivity index (χ2n) is 4.28. The van der Waals surface area contributed by atoms with Crippen molar-refractivity contribution in [1.82, 2.24) is 4.98 Å². The van der Waals surface area contributed by atoms with Gasteiger partial charge < -0.3 is 14.2 Å². The van der Waals surface area contributed by atoms with E-state index in [0.717, 1.165) is 17.3 Å². The summed E-state index contributed by atoms with van der Waals surface area (Å²) >= 11 is 6.13. The Bertz CT molecular complexity index is 570. The zero-order valence-electron chi connectivity index (χ0n) is 10.3. The molecule has 1 aromatic heterocycles. The zero-order chi connectivity index (χ0) is 13.1. The maximum absolute atomic E-state index is 6.13. The maximum atomic E-state index is 6.13. The minimum atomic E-state index is -0.303. The number of ether oxygens (including phenoxy) is 3. The number of fused-ring (bicyclic) bond motifs is 1. The predicted octanol–water partition coefficient (Wildman–Crippen LogP) is 3.03. The molecule has 1 fully saturated rings. The third-order valence-corrected chi connectivity index (χ3v) is 3.28. The summed E-state index contributed by atoms with van der Waals surface area (Å²) in [4.78, 5) is 4.31. The van der Waals surface area contributed by atoms with E-state index in [1.807, 2.05) is 24.3 Å². The van der Waals surface area contributed by atoms with E-state index in [0.29, 0.717) is 30.6 Å². The molecule has 0 radical (unpaired) electrons. The van der Waals surface area contributed by atoms with Crippen LogP contribution in [0.1, 0.15) is 6.42 Å². The number of hydrogen-bond acceptors (Lipinski definition) is 4. The molecule has 2 aromatic rings. The van der Waals surface area contributed by atoms with Gasteiger partial charge in [-0.15, -0.1) is 0 Å². The van der Waals surface area contributed by atoms with Gasteiger partial charge in [0.15, 0.2) is 6.29 Å². The van der Waals surface area contributed by atoms with E-state index in [4.69, 9.17) is 25.8 Å². The second kappa shape index (κ2) is 5.74. The second-order valence-corrected chi connectivity index (χ2v) is 4.69. The lowest BCUT2D eigenvalue weighted by Crippen LogP contribution is -2.30. The molecule has 0 aliphatic carbocycles. The summed E-state index contributed by atoms with van der Waals surface area (Å²) in [6.45, 7) is 1.79. The van der Waals surface area contributed by atoms with Crippen LogP contribution in [0.5, 0.6) is 5.75 Å². The molecule has 1 aliphatic heterocycles. The molecule has 3 rings (SSSR count). The normalized spacial score (nSPS) is 16.7. The van der Waals surface area contributed by atoms with Gasteiger partial charge in [0.25, 0.3) is 0 Å². The molecular formula is C14H14ClNO3. The number of benzene rings is 1. The van der Waals surface area contributed by atoms with Crippen molar-refractivity contribution in [3.05, 3.63) is 35.5 Å². The van der Waals surface area contributed by atoms with Crippen LogP contribution in [0, 0.1) is 0 Å². The molecule has 0 N–H and O–H groups in total. The van der Waals surface area contributed by atoms with Crippen LogP contribution in [-0.4, -0.2) is 31.1 Å². The summed E-state index contributed by atoms with van der Waals surface area (Å²) < 4.78 is 16.6. The highest BCUT2D eigenvalue weighted by Crippen LogP contribution is 2.29. The Balaban J connectivity index is 1.79. The Labute approximate surface area is 116 Å². The van der Waals surface area contributed by atoms with Crippen molar-refractivity contribution in [2.24, 2.45) is 0 Å². The van der Waals surface area contributed by atoms with Crippen molar-refractivity contribution in [2.45, 2.75) is 12.7 Å². The Kier molecular flexibility index (Phi) is 3.82. The predicted molar refractivity (Wildman–Crippen MR) is 72.6 cm³/mol. The molecule has 1 aromatic carbocycles. The van der Waals surface area contributed by atoms with E-state index >= 15 is 0 Å². The van der Waals surface area contributed by atoms with Crippen molar-refractivity contribution in [2.75, 3.05) is 19.8 Å². The standard InChI is InChI=1S/C14H14ClNO3/c15-11-4-5-12(14-10(11)3-1-6-16-14)19-9-13-17-7-2-8-18-13/h1,3-6,13H,2,7-9H2. The molecule has 100 valence electrons. The van der Waals surface area contributed by atoms with Crippen molar-refractivity contribution in [3.8, 4) is 5.75 Å². The first-order chi connectivity index (χ1) is 9.34. The Morgan fingerprint density at radius 3 is 2.95 bits per heavy atom. The van der Waals surface area contributed by atoms with Crippen molar-refractivity contribution < 1.29 is 14.2 Å². The highest BCUT2D eigenvalue weighted by atomic mass is 35.5. The summed E-state index contributed by atoms with van der Waals surface area (Å²) in [6.07, 6.45) is 2.35. The van der Waals surface area contributed by atoms with Crippen LogP contribution in [-0.2, 0) is 9.47 Å². The fourth-order valence-corrected chi connectivity index (χ4v) is 2.23. The van der Waals surface area contributed by atoms with E-state index < -0.39 is 0 Å². The summed E-state index contributed by atoms with van der Waals surface area (Å²) in [5, 5.41) is 1.55. The molecular weight excluding hydrogens is 266 g/mol. The van der Waals surface area contributed by atoms with E-state index in [1.165, 1.54) is 0 Å². The fourth-order valence-electron chi connectivity index (χ4n) is 2.02. The van der Waals surface area contributed by atoms with Crippen molar-refractivity contribution in [1.29, 1.82) is 0 Å². The molecule has 4 nitrogen and oxygen atoms in total. The first-order valence-corrected chi connectivity index (χ1v) is 6.61. The largest absolute Gasteiger partial charge is 0.486 e. The van der Waals surface area contributed by atoms with Gasteiger partial charge in [-0.2, -0.15) is 0 Å². The average Bonchev–Trinajstić information content (AvgIpc) is 2.48.